The second kappa shape index (κ2) is 10.0. The largest absolute Gasteiger partial charge is 0.478 e. The molecule has 1 heterocycles. The molecule has 0 saturated carbocycles. The van der Waals surface area contributed by atoms with Gasteiger partial charge in [0.25, 0.3) is 0 Å². The smallest absolute Gasteiger partial charge is 0.408 e. The van der Waals surface area contributed by atoms with Crippen molar-refractivity contribution >= 4 is 23.7 Å². The van der Waals surface area contributed by atoms with E-state index in [4.69, 9.17) is 14.3 Å². The zero-order valence-electron chi connectivity index (χ0n) is 18.6. The summed E-state index contributed by atoms with van der Waals surface area (Å²) >= 11 is 0. The summed E-state index contributed by atoms with van der Waals surface area (Å²) in [6.45, 7) is 5.21. The first-order valence-corrected chi connectivity index (χ1v) is 10.4. The van der Waals surface area contributed by atoms with Gasteiger partial charge in [-0.15, -0.1) is 0 Å². The molecule has 3 N–H and O–H groups in total. The molecule has 1 atom stereocenters. The summed E-state index contributed by atoms with van der Waals surface area (Å²) in [7, 11) is 0. The van der Waals surface area contributed by atoms with Crippen molar-refractivity contribution in [1.82, 2.24) is 5.32 Å². The van der Waals surface area contributed by atoms with E-state index in [0.29, 0.717) is 5.69 Å². The Hall–Kier alpha value is -4.07. The summed E-state index contributed by atoms with van der Waals surface area (Å²) < 4.78 is 10.7. The van der Waals surface area contributed by atoms with Crippen LogP contribution in [0.3, 0.4) is 0 Å². The van der Waals surface area contributed by atoms with Crippen molar-refractivity contribution in [2.45, 2.75) is 38.8 Å². The first-order valence-electron chi connectivity index (χ1n) is 10.4. The zero-order chi connectivity index (χ0) is 24.0. The number of anilines is 1. The van der Waals surface area contributed by atoms with Crippen molar-refractivity contribution in [3.8, 4) is 11.3 Å². The van der Waals surface area contributed by atoms with Crippen LogP contribution in [0, 0.1) is 0 Å². The van der Waals surface area contributed by atoms with Crippen LogP contribution in [0.25, 0.3) is 11.3 Å². The number of nitrogens with one attached hydrogen (secondary N) is 2. The summed E-state index contributed by atoms with van der Waals surface area (Å²) in [6, 6.07) is 16.0. The van der Waals surface area contributed by atoms with Crippen molar-refractivity contribution in [3.05, 3.63) is 78.1 Å². The van der Waals surface area contributed by atoms with Gasteiger partial charge in [0.2, 0.25) is 5.91 Å². The number of alkyl carbamates (subject to hydrolysis) is 1. The minimum absolute atomic E-state index is 0.105. The van der Waals surface area contributed by atoms with E-state index in [0.717, 1.165) is 16.9 Å². The molecule has 3 rings (SSSR count). The fourth-order valence-electron chi connectivity index (χ4n) is 3.07. The predicted molar refractivity (Wildman–Crippen MR) is 123 cm³/mol. The molecule has 0 spiro atoms. The van der Waals surface area contributed by atoms with Gasteiger partial charge in [-0.2, -0.15) is 0 Å². The van der Waals surface area contributed by atoms with Gasteiger partial charge in [0.05, 0.1) is 11.8 Å². The second-order valence-electron chi connectivity index (χ2n) is 8.45. The molecular weight excluding hydrogens is 424 g/mol. The highest BCUT2D eigenvalue weighted by Gasteiger charge is 2.25. The number of ether oxygens (including phenoxy) is 1. The summed E-state index contributed by atoms with van der Waals surface area (Å²) in [5, 5.41) is 14.4. The Morgan fingerprint density at radius 3 is 2.21 bits per heavy atom. The number of aromatic carboxylic acids is 1. The van der Waals surface area contributed by atoms with Crippen LogP contribution in [0.15, 0.2) is 71.3 Å². The third-order valence-electron chi connectivity index (χ3n) is 4.61. The minimum atomic E-state index is -1.06. The monoisotopic (exact) mass is 450 g/mol. The third kappa shape index (κ3) is 6.96. The summed E-state index contributed by atoms with van der Waals surface area (Å²) in [4.78, 5) is 36.4. The van der Waals surface area contributed by atoms with Gasteiger partial charge in [-0.3, -0.25) is 4.79 Å². The molecule has 0 aliphatic carbocycles. The zero-order valence-corrected chi connectivity index (χ0v) is 18.6. The highest BCUT2D eigenvalue weighted by molar-refractivity contribution is 5.97. The Morgan fingerprint density at radius 1 is 1.00 bits per heavy atom. The van der Waals surface area contributed by atoms with E-state index in [-0.39, 0.29) is 12.0 Å². The molecule has 0 fully saturated rings. The van der Waals surface area contributed by atoms with Gasteiger partial charge in [-0.1, -0.05) is 24.3 Å². The molecular formula is C25H26N2O6. The molecule has 0 bridgehead atoms. The lowest BCUT2D eigenvalue weighted by Crippen LogP contribution is -2.47. The number of carboxylic acid groups (broad SMARTS) is 1. The maximum atomic E-state index is 13.0. The van der Waals surface area contributed by atoms with E-state index < -0.39 is 29.6 Å². The maximum Gasteiger partial charge on any atom is 0.408 e. The molecule has 33 heavy (non-hydrogen) atoms. The molecule has 8 nitrogen and oxygen atoms in total. The summed E-state index contributed by atoms with van der Waals surface area (Å²) in [5.74, 6) is -0.790. The van der Waals surface area contributed by atoms with E-state index in [1.807, 2.05) is 30.3 Å². The lowest BCUT2D eigenvalue weighted by atomic mass is 10.0. The van der Waals surface area contributed by atoms with Crippen molar-refractivity contribution in [2.24, 2.45) is 0 Å². The maximum absolute atomic E-state index is 13.0. The van der Waals surface area contributed by atoms with Crippen molar-refractivity contribution in [1.29, 1.82) is 0 Å². The third-order valence-corrected chi connectivity index (χ3v) is 4.61. The number of hydrogen-bond donors (Lipinski definition) is 3. The number of rotatable bonds is 7. The number of carbonyl (C=O) groups is 3. The van der Waals surface area contributed by atoms with E-state index >= 15 is 0 Å². The number of carboxylic acids is 1. The Morgan fingerprint density at radius 2 is 1.67 bits per heavy atom. The van der Waals surface area contributed by atoms with Crippen LogP contribution in [-0.2, 0) is 16.0 Å². The molecule has 3 aromatic rings. The summed E-state index contributed by atoms with van der Waals surface area (Å²) in [6.07, 6.45) is 1.10. The van der Waals surface area contributed by atoms with Crippen LogP contribution in [0.1, 0.15) is 36.7 Å². The molecule has 1 unspecified atom stereocenters. The number of hydrogen-bond acceptors (Lipinski definition) is 5. The Kier molecular flexibility index (Phi) is 7.17. The molecule has 1 aromatic heterocycles. The Labute approximate surface area is 191 Å². The van der Waals surface area contributed by atoms with Crippen molar-refractivity contribution < 1.29 is 28.6 Å². The Bertz CT molecular complexity index is 1100. The number of benzene rings is 2. The highest BCUT2D eigenvalue weighted by atomic mass is 16.6. The number of carbonyl (C=O) groups excluding carboxylic acids is 2. The molecule has 0 radical (unpaired) electrons. The van der Waals surface area contributed by atoms with Gasteiger partial charge in [-0.25, -0.2) is 9.59 Å². The fraction of sp³-hybridized carbons (Fsp3) is 0.240. The second-order valence-corrected chi connectivity index (χ2v) is 8.45. The van der Waals surface area contributed by atoms with Gasteiger partial charge in [-0.05, 0) is 62.7 Å². The lowest BCUT2D eigenvalue weighted by Gasteiger charge is -2.23. The first-order chi connectivity index (χ1) is 15.6. The normalized spacial score (nSPS) is 12.0. The quantitative estimate of drug-likeness (QED) is 0.479. The van der Waals surface area contributed by atoms with Crippen LogP contribution in [-0.4, -0.2) is 34.7 Å². The standard InChI is InChI=1S/C25H26N2O6/c1-25(2,3)33-24(31)27-20(22(28)26-19-12-10-18(11-13-19)23(29)30)15-16-6-8-17(9-7-16)21-5-4-14-32-21/h4-14,20H,15H2,1-3H3,(H,26,28)(H,27,31)(H,29,30). The highest BCUT2D eigenvalue weighted by Crippen LogP contribution is 2.21. The van der Waals surface area contributed by atoms with Crippen molar-refractivity contribution in [3.63, 3.8) is 0 Å². The molecule has 8 heteroatoms. The van der Waals surface area contributed by atoms with E-state index in [1.165, 1.54) is 24.3 Å². The molecule has 0 saturated heterocycles. The molecule has 0 aliphatic rings. The van der Waals surface area contributed by atoms with Crippen LogP contribution < -0.4 is 10.6 Å². The van der Waals surface area contributed by atoms with Gasteiger partial charge in [0, 0.05) is 17.7 Å². The van der Waals surface area contributed by atoms with Gasteiger partial charge in [0.1, 0.15) is 17.4 Å². The first kappa shape index (κ1) is 23.6. The van der Waals surface area contributed by atoms with Gasteiger partial charge < -0.3 is 24.9 Å². The van der Waals surface area contributed by atoms with Crippen LogP contribution >= 0.6 is 0 Å². The molecule has 172 valence electrons. The number of furan rings is 1. The molecule has 2 amide bonds. The fourth-order valence-corrected chi connectivity index (χ4v) is 3.07. The van der Waals surface area contributed by atoms with E-state index in [1.54, 1.807) is 33.1 Å². The SMILES string of the molecule is CC(C)(C)OC(=O)NC(Cc1ccc(-c2ccco2)cc1)C(=O)Nc1ccc(C(=O)O)cc1. The molecule has 2 aromatic carbocycles. The molecule has 0 aliphatic heterocycles. The van der Waals surface area contributed by atoms with Crippen LogP contribution in [0.5, 0.6) is 0 Å². The average molecular weight is 450 g/mol. The minimum Gasteiger partial charge on any atom is -0.478 e. The van der Waals surface area contributed by atoms with Gasteiger partial charge in [0.15, 0.2) is 0 Å². The van der Waals surface area contributed by atoms with E-state index in [9.17, 15) is 14.4 Å². The summed E-state index contributed by atoms with van der Waals surface area (Å²) in [5.41, 5.74) is 1.51. The van der Waals surface area contributed by atoms with Gasteiger partial charge >= 0.3 is 12.1 Å². The van der Waals surface area contributed by atoms with Crippen LogP contribution in [0.2, 0.25) is 0 Å². The number of amides is 2. The van der Waals surface area contributed by atoms with Crippen LogP contribution in [0.4, 0.5) is 10.5 Å². The van der Waals surface area contributed by atoms with E-state index in [2.05, 4.69) is 10.6 Å². The topological polar surface area (TPSA) is 118 Å². The average Bonchev–Trinajstić information content (AvgIpc) is 3.28. The lowest BCUT2D eigenvalue weighted by molar-refractivity contribution is -0.118. The van der Waals surface area contributed by atoms with Crippen molar-refractivity contribution in [2.75, 3.05) is 5.32 Å². The Balaban J connectivity index is 1.75. The predicted octanol–water partition coefficient (Wildman–Crippen LogP) is 4.72.